The summed E-state index contributed by atoms with van der Waals surface area (Å²) < 4.78 is 14.1. The third-order valence-electron chi connectivity index (χ3n) is 6.42. The molecule has 1 aromatic heterocycles. The van der Waals surface area contributed by atoms with Crippen LogP contribution in [0.25, 0.3) is 10.9 Å². The number of aromatic nitrogens is 1. The number of hydrogen-bond donors (Lipinski definition) is 2. The average Bonchev–Trinajstić information content (AvgIpc) is 3.17. The monoisotopic (exact) mass is 415 g/mol. The molecule has 0 bridgehead atoms. The molecule has 0 unspecified atom stereocenters. The van der Waals surface area contributed by atoms with Gasteiger partial charge >= 0.3 is 0 Å². The molecule has 0 saturated carbocycles. The third kappa shape index (κ3) is 4.20. The molecule has 0 aliphatic carbocycles. The van der Waals surface area contributed by atoms with E-state index in [2.05, 4.69) is 27.1 Å². The Morgan fingerprint density at radius 2 is 1.90 bits per heavy atom. The number of piperazine rings is 1. The second kappa shape index (κ2) is 8.35. The Balaban J connectivity index is 1.42. The Morgan fingerprint density at radius 3 is 2.57 bits per heavy atom. The van der Waals surface area contributed by atoms with Crippen LogP contribution >= 0.6 is 0 Å². The van der Waals surface area contributed by atoms with Crippen molar-refractivity contribution in [2.45, 2.75) is 32.4 Å². The zero-order valence-electron chi connectivity index (χ0n) is 17.9. The summed E-state index contributed by atoms with van der Waals surface area (Å²) in [6, 6.07) is 5.09. The minimum atomic E-state index is -0.326. The normalized spacial score (nSPS) is 23.7. The molecule has 1 aromatic carbocycles. The van der Waals surface area contributed by atoms with Gasteiger partial charge < -0.3 is 20.1 Å². The predicted octanol–water partition coefficient (Wildman–Crippen LogP) is 1.58. The lowest BCUT2D eigenvalue weighted by Gasteiger charge is -2.44. The molecule has 2 aromatic rings. The van der Waals surface area contributed by atoms with Crippen molar-refractivity contribution in [2.24, 2.45) is 0 Å². The van der Waals surface area contributed by atoms with Crippen LogP contribution in [0.5, 0.6) is 0 Å². The van der Waals surface area contributed by atoms with E-state index in [9.17, 15) is 14.0 Å². The highest BCUT2D eigenvalue weighted by Gasteiger charge is 2.32. The molecule has 8 heteroatoms. The van der Waals surface area contributed by atoms with E-state index in [1.807, 2.05) is 11.8 Å². The van der Waals surface area contributed by atoms with Gasteiger partial charge in [-0.05, 0) is 38.1 Å². The van der Waals surface area contributed by atoms with Crippen molar-refractivity contribution in [3.63, 3.8) is 0 Å². The first kappa shape index (κ1) is 20.8. The van der Waals surface area contributed by atoms with Crippen molar-refractivity contribution in [3.05, 3.63) is 35.3 Å². The molecule has 30 heavy (non-hydrogen) atoms. The molecular weight excluding hydrogens is 385 g/mol. The lowest BCUT2D eigenvalue weighted by molar-refractivity contribution is -0.131. The van der Waals surface area contributed by atoms with E-state index in [-0.39, 0.29) is 23.7 Å². The molecule has 2 aliphatic rings. The van der Waals surface area contributed by atoms with Crippen LogP contribution in [0.4, 0.5) is 4.39 Å². The number of halogens is 1. The van der Waals surface area contributed by atoms with Crippen LogP contribution in [0.2, 0.25) is 0 Å². The number of piperidine rings is 1. The Bertz CT molecular complexity index is 911. The number of carbonyl (C=O) groups is 2. The number of amides is 2. The second-order valence-electron chi connectivity index (χ2n) is 8.66. The molecule has 2 fully saturated rings. The fourth-order valence-electron chi connectivity index (χ4n) is 4.77. The molecule has 0 spiro atoms. The zero-order chi connectivity index (χ0) is 21.4. The Kier molecular flexibility index (Phi) is 5.79. The van der Waals surface area contributed by atoms with E-state index < -0.39 is 0 Å². The topological polar surface area (TPSA) is 71.7 Å². The highest BCUT2D eigenvalue weighted by atomic mass is 19.1. The van der Waals surface area contributed by atoms with E-state index in [0.29, 0.717) is 22.6 Å². The van der Waals surface area contributed by atoms with E-state index in [4.69, 9.17) is 0 Å². The number of likely N-dealkylation sites (tertiary alicyclic amines) is 1. The molecule has 2 saturated heterocycles. The van der Waals surface area contributed by atoms with Crippen molar-refractivity contribution in [1.82, 2.24) is 25.0 Å². The minimum Gasteiger partial charge on any atom is -0.350 e. The summed E-state index contributed by atoms with van der Waals surface area (Å²) in [5.41, 5.74) is 1.97. The minimum absolute atomic E-state index is 0.0180. The summed E-state index contributed by atoms with van der Waals surface area (Å²) in [5, 5.41) is 3.58. The van der Waals surface area contributed by atoms with Crippen LogP contribution in [-0.2, 0) is 4.79 Å². The summed E-state index contributed by atoms with van der Waals surface area (Å²) >= 11 is 0. The number of likely N-dealkylation sites (N-methyl/N-ethyl adjacent to an activating group) is 1. The van der Waals surface area contributed by atoms with Gasteiger partial charge in [-0.2, -0.15) is 0 Å². The molecule has 2 atom stereocenters. The van der Waals surface area contributed by atoms with Crippen molar-refractivity contribution in [2.75, 3.05) is 46.3 Å². The number of fused-ring (bicyclic) bond motifs is 1. The van der Waals surface area contributed by atoms with Gasteiger partial charge in [0.2, 0.25) is 5.91 Å². The Morgan fingerprint density at radius 1 is 1.17 bits per heavy atom. The summed E-state index contributed by atoms with van der Waals surface area (Å²) in [5.74, 6) is -0.399. The first-order chi connectivity index (χ1) is 14.3. The fourth-order valence-corrected chi connectivity index (χ4v) is 4.77. The summed E-state index contributed by atoms with van der Waals surface area (Å²) in [7, 11) is 2.07. The third-order valence-corrected chi connectivity index (χ3v) is 6.42. The lowest BCUT2D eigenvalue weighted by atomic mass is 9.99. The lowest BCUT2D eigenvalue weighted by Crippen LogP contribution is -2.59. The number of aromatic amines is 1. The zero-order valence-corrected chi connectivity index (χ0v) is 17.9. The molecule has 3 heterocycles. The maximum absolute atomic E-state index is 14.1. The molecule has 2 amide bonds. The van der Waals surface area contributed by atoms with Crippen LogP contribution in [0.15, 0.2) is 18.2 Å². The van der Waals surface area contributed by atoms with Crippen molar-refractivity contribution >= 4 is 22.7 Å². The number of aryl methyl sites for hydroxylation is 1. The first-order valence-corrected chi connectivity index (χ1v) is 10.6. The van der Waals surface area contributed by atoms with Crippen LogP contribution in [0.3, 0.4) is 0 Å². The van der Waals surface area contributed by atoms with Gasteiger partial charge in [0, 0.05) is 63.7 Å². The van der Waals surface area contributed by atoms with Gasteiger partial charge in [0.1, 0.15) is 11.5 Å². The van der Waals surface area contributed by atoms with Gasteiger partial charge in [0.25, 0.3) is 5.91 Å². The van der Waals surface area contributed by atoms with Gasteiger partial charge in [-0.15, -0.1) is 0 Å². The van der Waals surface area contributed by atoms with Gasteiger partial charge in [-0.1, -0.05) is 6.07 Å². The number of benzene rings is 1. The standard InChI is InChI=1S/C22H30FN5O2/c1-14-4-5-19(23)18-11-20(25-21(14)18)22(30)24-16-10-17(13-26(3)12-16)28-8-6-27(7-9-28)15(2)29/h4-5,11,16-17,25H,6-10,12-13H2,1-3H3,(H,24,30)/t16-,17+/m0/s1. The van der Waals surface area contributed by atoms with Crippen LogP contribution in [-0.4, -0.2) is 89.9 Å². The quantitative estimate of drug-likeness (QED) is 0.799. The van der Waals surface area contributed by atoms with E-state index in [1.165, 1.54) is 6.07 Å². The highest BCUT2D eigenvalue weighted by Crippen LogP contribution is 2.23. The summed E-state index contributed by atoms with van der Waals surface area (Å²) in [6.45, 7) is 8.48. The molecule has 0 radical (unpaired) electrons. The number of H-pyrrole nitrogens is 1. The van der Waals surface area contributed by atoms with Crippen LogP contribution in [0, 0.1) is 12.7 Å². The summed E-state index contributed by atoms with van der Waals surface area (Å²) in [4.78, 5) is 34.1. The van der Waals surface area contributed by atoms with Gasteiger partial charge in [0.05, 0.1) is 5.52 Å². The van der Waals surface area contributed by atoms with Gasteiger partial charge in [0.15, 0.2) is 0 Å². The van der Waals surface area contributed by atoms with E-state index >= 15 is 0 Å². The molecule has 4 rings (SSSR count). The SMILES string of the molecule is CC(=O)N1CCN([C@@H]2C[C@H](NC(=O)c3cc4c(F)ccc(C)c4[nH]3)CN(C)C2)CC1. The number of nitrogens with zero attached hydrogens (tertiary/aromatic N) is 3. The van der Waals surface area contributed by atoms with Crippen molar-refractivity contribution in [3.8, 4) is 0 Å². The number of nitrogens with one attached hydrogen (secondary N) is 2. The van der Waals surface area contributed by atoms with E-state index in [1.54, 1.807) is 19.1 Å². The van der Waals surface area contributed by atoms with Gasteiger partial charge in [-0.3, -0.25) is 14.5 Å². The largest absolute Gasteiger partial charge is 0.350 e. The van der Waals surface area contributed by atoms with Crippen LogP contribution in [0.1, 0.15) is 29.4 Å². The highest BCUT2D eigenvalue weighted by molar-refractivity contribution is 5.99. The second-order valence-corrected chi connectivity index (χ2v) is 8.66. The maximum Gasteiger partial charge on any atom is 0.267 e. The number of rotatable bonds is 3. The smallest absolute Gasteiger partial charge is 0.267 e. The number of hydrogen-bond acceptors (Lipinski definition) is 4. The number of carbonyl (C=O) groups excluding carboxylic acids is 2. The van der Waals surface area contributed by atoms with Crippen LogP contribution < -0.4 is 5.32 Å². The van der Waals surface area contributed by atoms with Gasteiger partial charge in [-0.25, -0.2) is 4.39 Å². The van der Waals surface area contributed by atoms with E-state index in [0.717, 1.165) is 51.3 Å². The molecule has 2 N–H and O–H groups in total. The fraction of sp³-hybridized carbons (Fsp3) is 0.545. The average molecular weight is 416 g/mol. The molecule has 7 nitrogen and oxygen atoms in total. The summed E-state index contributed by atoms with van der Waals surface area (Å²) in [6.07, 6.45) is 0.865. The van der Waals surface area contributed by atoms with Crippen molar-refractivity contribution in [1.29, 1.82) is 0 Å². The molecule has 162 valence electrons. The molecular formula is C22H30FN5O2. The Hall–Kier alpha value is -2.45. The molecule has 2 aliphatic heterocycles. The van der Waals surface area contributed by atoms with Crippen molar-refractivity contribution < 1.29 is 14.0 Å². The predicted molar refractivity (Wildman–Crippen MR) is 114 cm³/mol. The first-order valence-electron chi connectivity index (χ1n) is 10.6. The maximum atomic E-state index is 14.1. The Labute approximate surface area is 176 Å².